The Hall–Kier alpha value is -2.63. The highest BCUT2D eigenvalue weighted by atomic mass is 16.5. The van der Waals surface area contributed by atoms with Crippen LogP contribution in [0.15, 0.2) is 36.7 Å². The molecular weight excluding hydrogens is 244 g/mol. The van der Waals surface area contributed by atoms with E-state index in [1.54, 1.807) is 24.3 Å². The van der Waals surface area contributed by atoms with Gasteiger partial charge in [0.2, 0.25) is 5.88 Å². The minimum absolute atomic E-state index is 0.186. The minimum atomic E-state index is -0.186. The molecule has 98 valence electrons. The summed E-state index contributed by atoms with van der Waals surface area (Å²) in [6.45, 7) is 2.53. The lowest BCUT2D eigenvalue weighted by Crippen LogP contribution is -2.15. The van der Waals surface area contributed by atoms with Gasteiger partial charge in [-0.05, 0) is 31.2 Å². The van der Waals surface area contributed by atoms with Gasteiger partial charge in [0.05, 0.1) is 6.61 Å². The summed E-state index contributed by atoms with van der Waals surface area (Å²) < 4.78 is 10.9. The van der Waals surface area contributed by atoms with Gasteiger partial charge < -0.3 is 15.2 Å². The van der Waals surface area contributed by atoms with E-state index in [1.165, 1.54) is 12.4 Å². The predicted octanol–water partition coefficient (Wildman–Crippen LogP) is 1.95. The second-order valence-corrected chi connectivity index (χ2v) is 3.63. The lowest BCUT2D eigenvalue weighted by atomic mass is 10.3. The zero-order valence-corrected chi connectivity index (χ0v) is 10.5. The highest BCUT2D eigenvalue weighted by Gasteiger charge is 2.10. The molecule has 2 aromatic rings. The number of nitrogen functional groups attached to an aromatic ring is 1. The van der Waals surface area contributed by atoms with E-state index < -0.39 is 0 Å². The summed E-state index contributed by atoms with van der Waals surface area (Å²) in [6, 6.07) is 7.10. The average Bonchev–Trinajstić information content (AvgIpc) is 2.42. The molecule has 0 aliphatic rings. The van der Waals surface area contributed by atoms with Crippen molar-refractivity contribution < 1.29 is 9.47 Å². The molecule has 6 nitrogen and oxygen atoms in total. The van der Waals surface area contributed by atoms with E-state index in [2.05, 4.69) is 9.97 Å². The number of nitrogens with one attached hydrogen (secondary N) is 1. The van der Waals surface area contributed by atoms with Crippen LogP contribution in [0.5, 0.6) is 17.4 Å². The summed E-state index contributed by atoms with van der Waals surface area (Å²) in [5, 5.41) is 7.41. The molecular formula is C13H14N4O2. The van der Waals surface area contributed by atoms with Crippen LogP contribution in [-0.4, -0.2) is 22.4 Å². The fourth-order valence-corrected chi connectivity index (χ4v) is 1.47. The van der Waals surface area contributed by atoms with Crippen LogP contribution >= 0.6 is 0 Å². The third-order valence-electron chi connectivity index (χ3n) is 2.27. The molecule has 0 saturated carbocycles. The first-order valence-corrected chi connectivity index (χ1v) is 5.77. The van der Waals surface area contributed by atoms with Gasteiger partial charge in [0.15, 0.2) is 5.69 Å². The molecule has 0 saturated heterocycles. The van der Waals surface area contributed by atoms with E-state index in [4.69, 9.17) is 20.6 Å². The summed E-state index contributed by atoms with van der Waals surface area (Å²) in [7, 11) is 0. The Morgan fingerprint density at radius 3 is 2.42 bits per heavy atom. The lowest BCUT2D eigenvalue weighted by molar-refractivity contribution is 0.339. The number of benzene rings is 1. The maximum Gasteiger partial charge on any atom is 0.249 e. The zero-order chi connectivity index (χ0) is 13.7. The Balaban J connectivity index is 2.19. The molecule has 0 spiro atoms. The summed E-state index contributed by atoms with van der Waals surface area (Å²) >= 11 is 0. The van der Waals surface area contributed by atoms with E-state index in [0.717, 1.165) is 5.75 Å². The third kappa shape index (κ3) is 3.19. The SMILES string of the molecule is CCOc1ccc(Oc2nccnc2C(=N)N)cc1. The maximum absolute atomic E-state index is 7.41. The molecule has 0 fully saturated rings. The molecule has 6 heteroatoms. The fourth-order valence-electron chi connectivity index (χ4n) is 1.47. The molecule has 1 aromatic carbocycles. The second-order valence-electron chi connectivity index (χ2n) is 3.63. The van der Waals surface area contributed by atoms with Crippen LogP contribution in [0.25, 0.3) is 0 Å². The molecule has 0 radical (unpaired) electrons. The number of hydrogen-bond acceptors (Lipinski definition) is 5. The summed E-state index contributed by atoms with van der Waals surface area (Å²) in [5.74, 6) is 1.36. The Morgan fingerprint density at radius 2 is 1.79 bits per heavy atom. The Labute approximate surface area is 110 Å². The number of aromatic nitrogens is 2. The standard InChI is InChI=1S/C13H14N4O2/c1-2-18-9-3-5-10(6-4-9)19-13-11(12(14)15)16-7-8-17-13/h3-8H,2H2,1H3,(H3,14,15). The molecule has 0 aliphatic carbocycles. The van der Waals surface area contributed by atoms with Crippen molar-refractivity contribution in [3.63, 3.8) is 0 Å². The zero-order valence-electron chi connectivity index (χ0n) is 10.5. The first-order chi connectivity index (χ1) is 9.20. The van der Waals surface area contributed by atoms with Gasteiger partial charge in [-0.2, -0.15) is 0 Å². The summed E-state index contributed by atoms with van der Waals surface area (Å²) in [4.78, 5) is 7.98. The molecule has 0 bridgehead atoms. The molecule has 0 unspecified atom stereocenters. The van der Waals surface area contributed by atoms with E-state index in [-0.39, 0.29) is 17.4 Å². The predicted molar refractivity (Wildman–Crippen MR) is 70.7 cm³/mol. The summed E-state index contributed by atoms with van der Waals surface area (Å²) in [5.41, 5.74) is 5.63. The average molecular weight is 258 g/mol. The molecule has 3 N–H and O–H groups in total. The summed E-state index contributed by atoms with van der Waals surface area (Å²) in [6.07, 6.45) is 2.94. The van der Waals surface area contributed by atoms with Gasteiger partial charge in [-0.15, -0.1) is 0 Å². The highest BCUT2D eigenvalue weighted by molar-refractivity contribution is 5.95. The molecule has 1 aromatic heterocycles. The maximum atomic E-state index is 7.41. The van der Waals surface area contributed by atoms with Crippen molar-refractivity contribution >= 4 is 5.84 Å². The topological polar surface area (TPSA) is 94.1 Å². The van der Waals surface area contributed by atoms with Crippen LogP contribution in [0.1, 0.15) is 12.6 Å². The lowest BCUT2D eigenvalue weighted by Gasteiger charge is -2.08. The largest absolute Gasteiger partial charge is 0.494 e. The van der Waals surface area contributed by atoms with E-state index in [0.29, 0.717) is 12.4 Å². The van der Waals surface area contributed by atoms with Gasteiger partial charge in [0, 0.05) is 12.4 Å². The third-order valence-corrected chi connectivity index (χ3v) is 2.27. The molecule has 2 rings (SSSR count). The van der Waals surface area contributed by atoms with Crippen molar-refractivity contribution in [2.45, 2.75) is 6.92 Å². The molecule has 1 heterocycles. The van der Waals surface area contributed by atoms with Gasteiger partial charge in [0.1, 0.15) is 17.3 Å². The van der Waals surface area contributed by atoms with Gasteiger partial charge >= 0.3 is 0 Å². The van der Waals surface area contributed by atoms with Crippen LogP contribution < -0.4 is 15.2 Å². The monoisotopic (exact) mass is 258 g/mol. The van der Waals surface area contributed by atoms with Gasteiger partial charge in [-0.25, -0.2) is 9.97 Å². The number of ether oxygens (including phenoxy) is 2. The normalized spacial score (nSPS) is 9.95. The number of nitrogens with zero attached hydrogens (tertiary/aromatic N) is 2. The van der Waals surface area contributed by atoms with Crippen LogP contribution in [0.3, 0.4) is 0 Å². The Morgan fingerprint density at radius 1 is 1.16 bits per heavy atom. The Kier molecular flexibility index (Phi) is 3.92. The van der Waals surface area contributed by atoms with Crippen LogP contribution in [0, 0.1) is 5.41 Å². The first-order valence-electron chi connectivity index (χ1n) is 5.77. The van der Waals surface area contributed by atoms with Crippen LogP contribution in [0.4, 0.5) is 0 Å². The second kappa shape index (κ2) is 5.81. The molecule has 0 aliphatic heterocycles. The van der Waals surface area contributed by atoms with Crippen molar-refractivity contribution in [1.29, 1.82) is 5.41 Å². The number of amidine groups is 1. The quantitative estimate of drug-likeness (QED) is 0.631. The molecule has 19 heavy (non-hydrogen) atoms. The molecule has 0 atom stereocenters. The number of hydrogen-bond donors (Lipinski definition) is 2. The van der Waals surface area contributed by atoms with E-state index in [9.17, 15) is 0 Å². The van der Waals surface area contributed by atoms with Crippen molar-refractivity contribution in [2.24, 2.45) is 5.73 Å². The highest BCUT2D eigenvalue weighted by Crippen LogP contribution is 2.23. The fraction of sp³-hybridized carbons (Fsp3) is 0.154. The van der Waals surface area contributed by atoms with Gasteiger partial charge in [-0.1, -0.05) is 0 Å². The van der Waals surface area contributed by atoms with Crippen molar-refractivity contribution in [1.82, 2.24) is 9.97 Å². The van der Waals surface area contributed by atoms with Crippen molar-refractivity contribution in [2.75, 3.05) is 6.61 Å². The van der Waals surface area contributed by atoms with E-state index in [1.807, 2.05) is 6.92 Å². The van der Waals surface area contributed by atoms with Crippen LogP contribution in [-0.2, 0) is 0 Å². The van der Waals surface area contributed by atoms with Gasteiger partial charge in [0.25, 0.3) is 0 Å². The smallest absolute Gasteiger partial charge is 0.249 e. The van der Waals surface area contributed by atoms with Crippen molar-refractivity contribution in [3.8, 4) is 17.4 Å². The van der Waals surface area contributed by atoms with Crippen molar-refractivity contribution in [3.05, 3.63) is 42.4 Å². The minimum Gasteiger partial charge on any atom is -0.494 e. The number of rotatable bonds is 5. The Bertz CT molecular complexity index is 569. The van der Waals surface area contributed by atoms with E-state index >= 15 is 0 Å². The first kappa shape index (κ1) is 12.8. The van der Waals surface area contributed by atoms with Crippen LogP contribution in [0.2, 0.25) is 0 Å². The number of nitrogens with two attached hydrogens (primary N) is 1. The van der Waals surface area contributed by atoms with Gasteiger partial charge in [-0.3, -0.25) is 5.41 Å². The molecule has 0 amide bonds.